The van der Waals surface area contributed by atoms with Crippen molar-refractivity contribution in [3.05, 3.63) is 58.8 Å². The Morgan fingerprint density at radius 1 is 0.952 bits per heavy atom. The summed E-state index contributed by atoms with van der Waals surface area (Å²) in [4.78, 5) is 19.2. The molecule has 0 radical (unpaired) electrons. The Hall–Kier alpha value is -2.63. The first-order chi connectivity index (χ1) is 10.3. The van der Waals surface area contributed by atoms with Crippen LogP contribution in [0.2, 0.25) is 0 Å². The van der Waals surface area contributed by atoms with Crippen LogP contribution < -0.4 is 9.80 Å². The van der Waals surface area contributed by atoms with Crippen molar-refractivity contribution in [3.63, 3.8) is 0 Å². The number of nitro groups is 1. The highest BCUT2D eigenvalue weighted by Gasteiger charge is 2.24. The third kappa shape index (κ3) is 2.79. The van der Waals surface area contributed by atoms with Crippen LogP contribution in [0.5, 0.6) is 0 Å². The van der Waals surface area contributed by atoms with Crippen LogP contribution in [0.25, 0.3) is 0 Å². The zero-order chi connectivity index (χ0) is 14.7. The summed E-state index contributed by atoms with van der Waals surface area (Å²) in [6.45, 7) is 3.12. The molecule has 0 aliphatic carbocycles. The van der Waals surface area contributed by atoms with Crippen molar-refractivity contribution in [1.29, 1.82) is 0 Å². The lowest BCUT2D eigenvalue weighted by Crippen LogP contribution is -2.47. The number of nitrogens with zero attached hydrogens (tertiary/aromatic N) is 4. The minimum atomic E-state index is -0.369. The lowest BCUT2D eigenvalue weighted by molar-refractivity contribution is -0.384. The Morgan fingerprint density at radius 2 is 1.62 bits per heavy atom. The molecule has 0 atom stereocenters. The van der Waals surface area contributed by atoms with Crippen LogP contribution in [-0.2, 0) is 0 Å². The Kier molecular flexibility index (Phi) is 3.68. The number of para-hydroxylation sites is 1. The van der Waals surface area contributed by atoms with Gasteiger partial charge in [-0.15, -0.1) is 0 Å². The summed E-state index contributed by atoms with van der Waals surface area (Å²) < 4.78 is 0. The third-order valence-electron chi connectivity index (χ3n) is 3.66. The number of hydrogen-bond acceptors (Lipinski definition) is 5. The van der Waals surface area contributed by atoms with Crippen LogP contribution in [-0.4, -0.2) is 36.1 Å². The smallest absolute Gasteiger partial charge is 0.311 e. The molecule has 1 aliphatic heterocycles. The first-order valence-electron chi connectivity index (χ1n) is 6.90. The minimum absolute atomic E-state index is 0.0747. The van der Waals surface area contributed by atoms with E-state index in [-0.39, 0.29) is 10.6 Å². The van der Waals surface area contributed by atoms with Gasteiger partial charge in [0.05, 0.1) is 4.92 Å². The molecule has 21 heavy (non-hydrogen) atoms. The molecule has 0 N–H and O–H groups in total. The van der Waals surface area contributed by atoms with Crippen LogP contribution in [0.15, 0.2) is 48.7 Å². The molecule has 1 aromatic heterocycles. The molecular weight excluding hydrogens is 268 g/mol. The van der Waals surface area contributed by atoms with Crippen molar-refractivity contribution in [1.82, 2.24) is 4.98 Å². The molecule has 1 fully saturated rings. The second-order valence-electron chi connectivity index (χ2n) is 4.91. The van der Waals surface area contributed by atoms with Crippen molar-refractivity contribution >= 4 is 17.2 Å². The van der Waals surface area contributed by atoms with Gasteiger partial charge in [-0.2, -0.15) is 0 Å². The summed E-state index contributed by atoms with van der Waals surface area (Å²) in [6, 6.07) is 13.3. The number of anilines is 2. The van der Waals surface area contributed by atoms with E-state index in [1.807, 2.05) is 23.1 Å². The molecule has 0 unspecified atom stereocenters. The predicted molar refractivity (Wildman–Crippen MR) is 81.8 cm³/mol. The lowest BCUT2D eigenvalue weighted by atomic mass is 10.2. The topological polar surface area (TPSA) is 62.5 Å². The summed E-state index contributed by atoms with van der Waals surface area (Å²) in [5.74, 6) is 0.468. The predicted octanol–water partition coefficient (Wildman–Crippen LogP) is 2.32. The van der Waals surface area contributed by atoms with Crippen molar-refractivity contribution in [2.24, 2.45) is 0 Å². The fraction of sp³-hybridized carbons (Fsp3) is 0.267. The second-order valence-corrected chi connectivity index (χ2v) is 4.91. The normalized spacial score (nSPS) is 15.0. The van der Waals surface area contributed by atoms with Crippen LogP contribution in [0.1, 0.15) is 0 Å². The molecule has 1 aromatic carbocycles. The van der Waals surface area contributed by atoms with Crippen LogP contribution in [0.4, 0.5) is 17.2 Å². The standard InChI is InChI=1S/C15H16N4O2/c20-19(21)14-7-4-8-16-15(14)18-11-9-17(10-12-18)13-5-2-1-3-6-13/h1-8H,9-12H2. The van der Waals surface area contributed by atoms with Crippen LogP contribution >= 0.6 is 0 Å². The summed E-state index contributed by atoms with van der Waals surface area (Å²) in [6.07, 6.45) is 1.60. The van der Waals surface area contributed by atoms with Crippen molar-refractivity contribution in [3.8, 4) is 0 Å². The molecule has 3 rings (SSSR count). The molecule has 2 heterocycles. The molecule has 6 heteroatoms. The first kappa shape index (κ1) is 13.4. The number of piperazine rings is 1. The van der Waals surface area contributed by atoms with E-state index in [9.17, 15) is 10.1 Å². The fourth-order valence-corrected chi connectivity index (χ4v) is 2.59. The zero-order valence-electron chi connectivity index (χ0n) is 11.6. The molecule has 0 bridgehead atoms. The van der Waals surface area contributed by atoms with Gasteiger partial charge in [0.15, 0.2) is 0 Å². The summed E-state index contributed by atoms with van der Waals surface area (Å²) >= 11 is 0. The van der Waals surface area contributed by atoms with E-state index < -0.39 is 0 Å². The highest BCUT2D eigenvalue weighted by atomic mass is 16.6. The molecule has 0 amide bonds. The van der Waals surface area contributed by atoms with Gasteiger partial charge in [-0.05, 0) is 18.2 Å². The van der Waals surface area contributed by atoms with E-state index in [1.165, 1.54) is 11.8 Å². The maximum Gasteiger partial charge on any atom is 0.311 e. The van der Waals surface area contributed by atoms with E-state index in [0.29, 0.717) is 5.82 Å². The number of pyridine rings is 1. The van der Waals surface area contributed by atoms with E-state index in [4.69, 9.17) is 0 Å². The molecule has 0 spiro atoms. The Morgan fingerprint density at radius 3 is 2.29 bits per heavy atom. The molecule has 6 nitrogen and oxygen atoms in total. The van der Waals surface area contributed by atoms with Gasteiger partial charge in [0.1, 0.15) is 0 Å². The molecule has 1 saturated heterocycles. The maximum atomic E-state index is 11.1. The number of rotatable bonds is 3. The van der Waals surface area contributed by atoms with Gasteiger partial charge in [-0.3, -0.25) is 10.1 Å². The average molecular weight is 284 g/mol. The van der Waals surface area contributed by atoms with E-state index in [0.717, 1.165) is 26.2 Å². The first-order valence-corrected chi connectivity index (χ1v) is 6.90. The highest BCUT2D eigenvalue weighted by Crippen LogP contribution is 2.26. The summed E-state index contributed by atoms with van der Waals surface area (Å²) in [7, 11) is 0. The van der Waals surface area contributed by atoms with Gasteiger partial charge in [-0.1, -0.05) is 18.2 Å². The van der Waals surface area contributed by atoms with Crippen LogP contribution in [0, 0.1) is 10.1 Å². The molecule has 2 aromatic rings. The van der Waals surface area contributed by atoms with E-state index in [1.54, 1.807) is 12.3 Å². The second kappa shape index (κ2) is 5.78. The Bertz CT molecular complexity index is 625. The van der Waals surface area contributed by atoms with Gasteiger partial charge in [0.25, 0.3) is 0 Å². The third-order valence-corrected chi connectivity index (χ3v) is 3.66. The van der Waals surface area contributed by atoms with E-state index in [2.05, 4.69) is 22.0 Å². The van der Waals surface area contributed by atoms with Crippen LogP contribution in [0.3, 0.4) is 0 Å². The minimum Gasteiger partial charge on any atom is -0.368 e. The average Bonchev–Trinajstić information content (AvgIpc) is 2.56. The summed E-state index contributed by atoms with van der Waals surface area (Å²) in [5.41, 5.74) is 1.26. The maximum absolute atomic E-state index is 11.1. The molecular formula is C15H16N4O2. The van der Waals surface area contributed by atoms with Gasteiger partial charge in [0, 0.05) is 44.1 Å². The number of aromatic nitrogens is 1. The Balaban J connectivity index is 1.73. The number of hydrogen-bond donors (Lipinski definition) is 0. The van der Waals surface area contributed by atoms with Crippen molar-refractivity contribution in [2.75, 3.05) is 36.0 Å². The molecule has 1 aliphatic rings. The molecule has 0 saturated carbocycles. The highest BCUT2D eigenvalue weighted by molar-refractivity contribution is 5.58. The largest absolute Gasteiger partial charge is 0.368 e. The quantitative estimate of drug-likeness (QED) is 0.639. The van der Waals surface area contributed by atoms with E-state index >= 15 is 0 Å². The van der Waals surface area contributed by atoms with Gasteiger partial charge in [0.2, 0.25) is 5.82 Å². The Labute approximate surface area is 122 Å². The number of benzene rings is 1. The van der Waals surface area contributed by atoms with Gasteiger partial charge < -0.3 is 9.80 Å². The fourth-order valence-electron chi connectivity index (χ4n) is 2.59. The monoisotopic (exact) mass is 284 g/mol. The SMILES string of the molecule is O=[N+]([O-])c1cccnc1N1CCN(c2ccccc2)CC1. The summed E-state index contributed by atoms with van der Waals surface area (Å²) in [5, 5.41) is 11.1. The zero-order valence-corrected chi connectivity index (χ0v) is 11.6. The van der Waals surface area contributed by atoms with Gasteiger partial charge >= 0.3 is 5.69 Å². The van der Waals surface area contributed by atoms with Crippen molar-refractivity contribution < 1.29 is 4.92 Å². The molecule has 108 valence electrons. The van der Waals surface area contributed by atoms with Gasteiger partial charge in [-0.25, -0.2) is 4.98 Å². The van der Waals surface area contributed by atoms with Crippen molar-refractivity contribution in [2.45, 2.75) is 0 Å². The lowest BCUT2D eigenvalue weighted by Gasteiger charge is -2.36.